The van der Waals surface area contributed by atoms with Crippen molar-refractivity contribution < 1.29 is 4.74 Å². The fourth-order valence-electron chi connectivity index (χ4n) is 3.10. The van der Waals surface area contributed by atoms with Gasteiger partial charge in [0, 0.05) is 19.5 Å². The Kier molecular flexibility index (Phi) is 4.91. The summed E-state index contributed by atoms with van der Waals surface area (Å²) >= 11 is 0. The minimum atomic E-state index is -0.142. The molecule has 1 fully saturated rings. The van der Waals surface area contributed by atoms with Crippen molar-refractivity contribution in [1.29, 1.82) is 0 Å². The van der Waals surface area contributed by atoms with Crippen LogP contribution in [0.1, 0.15) is 38.2 Å². The summed E-state index contributed by atoms with van der Waals surface area (Å²) in [7, 11) is 1.81. The third-order valence-corrected chi connectivity index (χ3v) is 4.53. The second kappa shape index (κ2) is 6.46. The fourth-order valence-corrected chi connectivity index (χ4v) is 3.10. The molecule has 1 unspecified atom stereocenters. The lowest BCUT2D eigenvalue weighted by Gasteiger charge is -2.43. The van der Waals surface area contributed by atoms with Gasteiger partial charge >= 0.3 is 0 Å². The van der Waals surface area contributed by atoms with Crippen LogP contribution in [0.4, 0.5) is 0 Å². The normalized spacial score (nSPS) is 29.1. The number of hydrazine groups is 1. The number of hydrogen-bond acceptors (Lipinski definition) is 4. The van der Waals surface area contributed by atoms with Crippen LogP contribution >= 0.6 is 0 Å². The summed E-state index contributed by atoms with van der Waals surface area (Å²) in [5, 5.41) is 0. The number of nitrogens with one attached hydrogen (secondary N) is 1. The number of methoxy groups -OCH3 is 1. The topological polar surface area (TPSA) is 60.2 Å². The van der Waals surface area contributed by atoms with E-state index in [2.05, 4.69) is 23.4 Å². The van der Waals surface area contributed by atoms with Crippen molar-refractivity contribution in [2.24, 2.45) is 11.8 Å². The Labute approximate surface area is 115 Å². The average Bonchev–Trinajstić information content (AvgIpc) is 2.47. The van der Waals surface area contributed by atoms with E-state index in [4.69, 9.17) is 10.6 Å². The molecular weight excluding hydrogens is 238 g/mol. The van der Waals surface area contributed by atoms with Gasteiger partial charge in [0.05, 0.1) is 11.6 Å². The van der Waals surface area contributed by atoms with Crippen LogP contribution in [0.2, 0.25) is 0 Å². The van der Waals surface area contributed by atoms with E-state index >= 15 is 0 Å². The van der Waals surface area contributed by atoms with Crippen molar-refractivity contribution in [3.63, 3.8) is 0 Å². The van der Waals surface area contributed by atoms with Crippen LogP contribution in [0.3, 0.4) is 0 Å². The van der Waals surface area contributed by atoms with Crippen molar-refractivity contribution >= 4 is 0 Å². The maximum atomic E-state index is 5.89. The van der Waals surface area contributed by atoms with E-state index < -0.39 is 0 Å². The Hall–Kier alpha value is -0.970. The highest BCUT2D eigenvalue weighted by molar-refractivity contribution is 5.13. The quantitative estimate of drug-likeness (QED) is 0.630. The van der Waals surface area contributed by atoms with Gasteiger partial charge in [-0.1, -0.05) is 13.0 Å². The van der Waals surface area contributed by atoms with Crippen molar-refractivity contribution in [3.05, 3.63) is 30.1 Å². The molecule has 2 rings (SSSR count). The second-order valence-electron chi connectivity index (χ2n) is 5.74. The number of aromatic nitrogens is 1. The first-order valence-electron chi connectivity index (χ1n) is 7.10. The summed E-state index contributed by atoms with van der Waals surface area (Å²) in [5.41, 5.74) is 4.03. The lowest BCUT2D eigenvalue weighted by molar-refractivity contribution is -0.0746. The molecule has 1 aliphatic carbocycles. The molecule has 1 aromatic rings. The summed E-state index contributed by atoms with van der Waals surface area (Å²) in [6, 6.07) is 4.19. The van der Waals surface area contributed by atoms with Crippen LogP contribution in [0, 0.1) is 5.92 Å². The Morgan fingerprint density at radius 2 is 2.26 bits per heavy atom. The highest BCUT2D eigenvalue weighted by atomic mass is 16.5. The Bertz CT molecular complexity index is 374. The molecule has 1 atom stereocenters. The summed E-state index contributed by atoms with van der Waals surface area (Å²) in [6.07, 6.45) is 9.10. The van der Waals surface area contributed by atoms with E-state index in [1.54, 1.807) is 6.20 Å². The number of ether oxygens (including phenoxy) is 1. The van der Waals surface area contributed by atoms with Gasteiger partial charge in [-0.15, -0.1) is 0 Å². The van der Waals surface area contributed by atoms with E-state index in [9.17, 15) is 0 Å². The number of hydrogen-bond donors (Lipinski definition) is 2. The van der Waals surface area contributed by atoms with Crippen LogP contribution in [-0.2, 0) is 11.2 Å². The van der Waals surface area contributed by atoms with Crippen LogP contribution in [0.15, 0.2) is 24.5 Å². The van der Waals surface area contributed by atoms with E-state index in [0.29, 0.717) is 0 Å². The molecular formula is C15H25N3O. The first-order chi connectivity index (χ1) is 9.20. The fraction of sp³-hybridized carbons (Fsp3) is 0.667. The molecule has 1 heterocycles. The smallest absolute Gasteiger partial charge is 0.0847 e. The third-order valence-electron chi connectivity index (χ3n) is 4.53. The molecule has 0 aromatic carbocycles. The van der Waals surface area contributed by atoms with Gasteiger partial charge in [-0.05, 0) is 49.7 Å². The highest BCUT2D eigenvalue weighted by Gasteiger charge is 2.41. The predicted molar refractivity (Wildman–Crippen MR) is 76.4 cm³/mol. The zero-order chi connectivity index (χ0) is 13.7. The maximum absolute atomic E-state index is 5.89. The molecule has 1 aromatic heterocycles. The van der Waals surface area contributed by atoms with Gasteiger partial charge in [0.15, 0.2) is 0 Å². The van der Waals surface area contributed by atoms with E-state index in [-0.39, 0.29) is 11.6 Å². The van der Waals surface area contributed by atoms with Gasteiger partial charge in [-0.3, -0.25) is 16.3 Å². The van der Waals surface area contributed by atoms with Gasteiger partial charge < -0.3 is 4.74 Å². The summed E-state index contributed by atoms with van der Waals surface area (Å²) < 4.78 is 5.89. The van der Waals surface area contributed by atoms with Crippen molar-refractivity contribution in [1.82, 2.24) is 10.4 Å². The molecule has 0 bridgehead atoms. The monoisotopic (exact) mass is 263 g/mol. The standard InChI is InChI=1S/C15H25N3O/c1-12-5-7-15(19-2,8-6-12)14(18-16)10-13-4-3-9-17-11-13/h3-4,9,11-12,14,18H,5-8,10,16H2,1-2H3. The molecule has 4 heteroatoms. The molecule has 0 spiro atoms. The highest BCUT2D eigenvalue weighted by Crippen LogP contribution is 2.37. The predicted octanol–water partition coefficient (Wildman–Crippen LogP) is 2.05. The van der Waals surface area contributed by atoms with Crippen molar-refractivity contribution in [2.45, 2.75) is 50.7 Å². The van der Waals surface area contributed by atoms with Crippen LogP contribution in [0.25, 0.3) is 0 Å². The zero-order valence-corrected chi connectivity index (χ0v) is 11.9. The van der Waals surface area contributed by atoms with Crippen molar-refractivity contribution in [2.75, 3.05) is 7.11 Å². The molecule has 3 N–H and O–H groups in total. The minimum absolute atomic E-state index is 0.134. The SMILES string of the molecule is COC1(C(Cc2cccnc2)NN)CCC(C)CC1. The lowest BCUT2D eigenvalue weighted by atomic mass is 9.74. The van der Waals surface area contributed by atoms with Crippen LogP contribution < -0.4 is 11.3 Å². The first kappa shape index (κ1) is 14.4. The Morgan fingerprint density at radius 1 is 1.53 bits per heavy atom. The molecule has 1 saturated carbocycles. The maximum Gasteiger partial charge on any atom is 0.0847 e. The van der Waals surface area contributed by atoms with Crippen molar-refractivity contribution in [3.8, 4) is 0 Å². The molecule has 0 saturated heterocycles. The second-order valence-corrected chi connectivity index (χ2v) is 5.74. The third kappa shape index (κ3) is 3.32. The molecule has 4 nitrogen and oxygen atoms in total. The molecule has 106 valence electrons. The summed E-state index contributed by atoms with van der Waals surface area (Å²) in [6.45, 7) is 2.31. The molecule has 0 aliphatic heterocycles. The lowest BCUT2D eigenvalue weighted by Crippen LogP contribution is -2.57. The van der Waals surface area contributed by atoms with E-state index in [0.717, 1.165) is 25.2 Å². The molecule has 0 amide bonds. The Balaban J connectivity index is 2.10. The van der Waals surface area contributed by atoms with Gasteiger partial charge in [-0.2, -0.15) is 0 Å². The zero-order valence-electron chi connectivity index (χ0n) is 11.9. The van der Waals surface area contributed by atoms with Gasteiger partial charge in [0.25, 0.3) is 0 Å². The average molecular weight is 263 g/mol. The minimum Gasteiger partial charge on any atom is -0.377 e. The number of nitrogens with zero attached hydrogens (tertiary/aromatic N) is 1. The molecule has 1 aliphatic rings. The molecule has 19 heavy (non-hydrogen) atoms. The summed E-state index contributed by atoms with van der Waals surface area (Å²) in [4.78, 5) is 4.17. The van der Waals surface area contributed by atoms with Gasteiger partial charge in [0.1, 0.15) is 0 Å². The number of pyridine rings is 1. The van der Waals surface area contributed by atoms with Gasteiger partial charge in [-0.25, -0.2) is 0 Å². The van der Waals surface area contributed by atoms with E-state index in [1.165, 1.54) is 18.4 Å². The largest absolute Gasteiger partial charge is 0.377 e. The Morgan fingerprint density at radius 3 is 2.79 bits per heavy atom. The first-order valence-corrected chi connectivity index (χ1v) is 7.10. The van der Waals surface area contributed by atoms with E-state index in [1.807, 2.05) is 19.4 Å². The van der Waals surface area contributed by atoms with Gasteiger partial charge in [0.2, 0.25) is 0 Å². The van der Waals surface area contributed by atoms with Crippen LogP contribution in [-0.4, -0.2) is 23.7 Å². The number of nitrogens with two attached hydrogens (primary N) is 1. The van der Waals surface area contributed by atoms with Crippen LogP contribution in [0.5, 0.6) is 0 Å². The summed E-state index contributed by atoms with van der Waals surface area (Å²) in [5.74, 6) is 6.59. The molecule has 0 radical (unpaired) electrons. The number of rotatable bonds is 5.